The monoisotopic (exact) mass is 332 g/mol. The summed E-state index contributed by atoms with van der Waals surface area (Å²) in [6.07, 6.45) is 12.0. The van der Waals surface area contributed by atoms with Gasteiger partial charge >= 0.3 is 6.03 Å². The van der Waals surface area contributed by atoms with E-state index < -0.39 is 0 Å². The van der Waals surface area contributed by atoms with Gasteiger partial charge in [0.05, 0.1) is 6.61 Å². The highest BCUT2D eigenvalue weighted by molar-refractivity contribution is 5.89. The van der Waals surface area contributed by atoms with Gasteiger partial charge in [0.2, 0.25) is 0 Å². The third-order valence-electron chi connectivity index (χ3n) is 4.55. The van der Waals surface area contributed by atoms with Crippen molar-refractivity contribution in [3.05, 3.63) is 24.3 Å². The molecule has 4 heteroatoms. The maximum absolute atomic E-state index is 12.1. The predicted octanol–water partition coefficient (Wildman–Crippen LogP) is 5.49. The summed E-state index contributed by atoms with van der Waals surface area (Å²) in [7, 11) is 0. The Morgan fingerprint density at radius 2 is 1.92 bits per heavy atom. The van der Waals surface area contributed by atoms with E-state index >= 15 is 0 Å². The molecule has 0 saturated heterocycles. The molecular weight excluding hydrogens is 300 g/mol. The van der Waals surface area contributed by atoms with Crippen LogP contribution >= 0.6 is 0 Å². The lowest BCUT2D eigenvalue weighted by molar-refractivity contribution is 0.244. The summed E-state index contributed by atoms with van der Waals surface area (Å²) >= 11 is 0. The molecule has 1 aliphatic rings. The lowest BCUT2D eigenvalue weighted by atomic mass is 9.96. The van der Waals surface area contributed by atoms with Gasteiger partial charge in [0, 0.05) is 17.8 Å². The van der Waals surface area contributed by atoms with Crippen LogP contribution in [-0.2, 0) is 0 Å². The number of anilines is 1. The minimum absolute atomic E-state index is 0.112. The van der Waals surface area contributed by atoms with Crippen molar-refractivity contribution in [3.63, 3.8) is 0 Å². The fraction of sp³-hybridized carbons (Fsp3) is 0.650. The molecule has 0 bridgehead atoms. The smallest absolute Gasteiger partial charge is 0.319 e. The highest BCUT2D eigenvalue weighted by Crippen LogP contribution is 2.19. The molecule has 1 fully saturated rings. The molecule has 0 heterocycles. The summed E-state index contributed by atoms with van der Waals surface area (Å²) in [5.74, 6) is 0.820. The van der Waals surface area contributed by atoms with Gasteiger partial charge in [0.15, 0.2) is 0 Å². The van der Waals surface area contributed by atoms with Crippen molar-refractivity contribution < 1.29 is 9.53 Å². The van der Waals surface area contributed by atoms with Gasteiger partial charge in [-0.1, -0.05) is 57.9 Å². The van der Waals surface area contributed by atoms with Crippen molar-refractivity contribution in [2.45, 2.75) is 77.2 Å². The van der Waals surface area contributed by atoms with Crippen LogP contribution in [0.5, 0.6) is 5.75 Å². The van der Waals surface area contributed by atoms with Crippen molar-refractivity contribution in [3.8, 4) is 5.75 Å². The third kappa shape index (κ3) is 7.24. The summed E-state index contributed by atoms with van der Waals surface area (Å²) in [5.41, 5.74) is 0.784. The van der Waals surface area contributed by atoms with E-state index in [0.29, 0.717) is 6.04 Å². The summed E-state index contributed by atoms with van der Waals surface area (Å²) in [6.45, 7) is 2.96. The molecule has 1 aromatic rings. The quantitative estimate of drug-likeness (QED) is 0.587. The highest BCUT2D eigenvalue weighted by Gasteiger charge is 2.15. The largest absolute Gasteiger partial charge is 0.494 e. The number of urea groups is 1. The van der Waals surface area contributed by atoms with E-state index in [1.165, 1.54) is 44.9 Å². The number of carbonyl (C=O) groups is 1. The van der Waals surface area contributed by atoms with E-state index in [1.807, 2.05) is 24.3 Å². The summed E-state index contributed by atoms with van der Waals surface area (Å²) in [5, 5.41) is 5.99. The van der Waals surface area contributed by atoms with Crippen molar-refractivity contribution in [2.24, 2.45) is 0 Å². The van der Waals surface area contributed by atoms with E-state index in [1.54, 1.807) is 0 Å². The Kier molecular flexibility index (Phi) is 8.50. The lowest BCUT2D eigenvalue weighted by Crippen LogP contribution is -2.38. The standard InChI is InChI=1S/C20H32N2O2/c1-2-3-4-5-9-15-24-19-14-10-13-18(16-19)22-20(23)21-17-11-7-6-8-12-17/h10,13-14,16-17H,2-9,11-12,15H2,1H3,(H2,21,22,23). The first-order valence-electron chi connectivity index (χ1n) is 9.58. The average molecular weight is 332 g/mol. The fourth-order valence-electron chi connectivity index (χ4n) is 3.16. The molecule has 2 amide bonds. The van der Waals surface area contributed by atoms with Crippen molar-refractivity contribution in [1.29, 1.82) is 0 Å². The van der Waals surface area contributed by atoms with E-state index in [4.69, 9.17) is 4.74 Å². The maximum atomic E-state index is 12.1. The maximum Gasteiger partial charge on any atom is 0.319 e. The van der Waals surface area contributed by atoms with Crippen LogP contribution in [0.2, 0.25) is 0 Å². The minimum Gasteiger partial charge on any atom is -0.494 e. The highest BCUT2D eigenvalue weighted by atomic mass is 16.5. The van der Waals surface area contributed by atoms with Gasteiger partial charge in [0.25, 0.3) is 0 Å². The molecule has 24 heavy (non-hydrogen) atoms. The molecule has 134 valence electrons. The first kappa shape index (κ1) is 18.6. The third-order valence-corrected chi connectivity index (χ3v) is 4.55. The summed E-state index contributed by atoms with van der Waals surface area (Å²) < 4.78 is 5.79. The van der Waals surface area contributed by atoms with Crippen LogP contribution in [0.1, 0.15) is 71.1 Å². The first-order valence-corrected chi connectivity index (χ1v) is 9.58. The lowest BCUT2D eigenvalue weighted by Gasteiger charge is -2.22. The van der Waals surface area contributed by atoms with Crippen LogP contribution in [0.4, 0.5) is 10.5 Å². The number of rotatable bonds is 9. The van der Waals surface area contributed by atoms with Crippen LogP contribution in [-0.4, -0.2) is 18.7 Å². The van der Waals surface area contributed by atoms with Gasteiger partial charge < -0.3 is 15.4 Å². The minimum atomic E-state index is -0.112. The molecule has 0 radical (unpaired) electrons. The fourth-order valence-corrected chi connectivity index (χ4v) is 3.16. The average Bonchev–Trinajstić information content (AvgIpc) is 2.59. The predicted molar refractivity (Wildman–Crippen MR) is 99.7 cm³/mol. The van der Waals surface area contributed by atoms with Crippen LogP contribution in [0, 0.1) is 0 Å². The van der Waals surface area contributed by atoms with Crippen LogP contribution < -0.4 is 15.4 Å². The number of hydrogen-bond acceptors (Lipinski definition) is 2. The van der Waals surface area contributed by atoms with E-state index in [-0.39, 0.29) is 6.03 Å². The number of nitrogens with one attached hydrogen (secondary N) is 2. The van der Waals surface area contributed by atoms with E-state index in [0.717, 1.165) is 37.3 Å². The molecule has 0 atom stereocenters. The van der Waals surface area contributed by atoms with Crippen LogP contribution in [0.3, 0.4) is 0 Å². The second kappa shape index (κ2) is 11.0. The van der Waals surface area contributed by atoms with E-state index in [2.05, 4.69) is 17.6 Å². The Hall–Kier alpha value is -1.71. The number of amides is 2. The molecule has 2 N–H and O–H groups in total. The normalized spacial score (nSPS) is 15.0. The molecule has 1 saturated carbocycles. The molecule has 0 spiro atoms. The first-order chi connectivity index (χ1) is 11.8. The van der Waals surface area contributed by atoms with Gasteiger partial charge in [0.1, 0.15) is 5.75 Å². The van der Waals surface area contributed by atoms with Crippen LogP contribution in [0.25, 0.3) is 0 Å². The van der Waals surface area contributed by atoms with Crippen molar-refractivity contribution >= 4 is 11.7 Å². The zero-order valence-electron chi connectivity index (χ0n) is 15.0. The Balaban J connectivity index is 1.70. The zero-order chi connectivity index (χ0) is 17.0. The zero-order valence-corrected chi connectivity index (χ0v) is 15.0. The molecule has 2 rings (SSSR count). The Morgan fingerprint density at radius 3 is 2.71 bits per heavy atom. The van der Waals surface area contributed by atoms with Gasteiger partial charge in [-0.25, -0.2) is 4.79 Å². The Bertz CT molecular complexity index is 484. The second-order valence-corrected chi connectivity index (χ2v) is 6.72. The molecule has 1 aromatic carbocycles. The van der Waals surface area contributed by atoms with Gasteiger partial charge in [-0.3, -0.25) is 0 Å². The van der Waals surface area contributed by atoms with Crippen molar-refractivity contribution in [2.75, 3.05) is 11.9 Å². The summed E-state index contributed by atoms with van der Waals surface area (Å²) in [4.78, 5) is 12.1. The summed E-state index contributed by atoms with van der Waals surface area (Å²) in [6, 6.07) is 7.86. The SMILES string of the molecule is CCCCCCCOc1cccc(NC(=O)NC2CCCCC2)c1. The Morgan fingerprint density at radius 1 is 1.12 bits per heavy atom. The number of benzene rings is 1. The van der Waals surface area contributed by atoms with E-state index in [9.17, 15) is 4.79 Å². The van der Waals surface area contributed by atoms with Crippen LogP contribution in [0.15, 0.2) is 24.3 Å². The topological polar surface area (TPSA) is 50.4 Å². The molecular formula is C20H32N2O2. The number of ether oxygens (including phenoxy) is 1. The van der Waals surface area contributed by atoms with Gasteiger partial charge in [-0.15, -0.1) is 0 Å². The number of hydrogen-bond donors (Lipinski definition) is 2. The van der Waals surface area contributed by atoms with Gasteiger partial charge in [-0.05, 0) is 31.4 Å². The molecule has 4 nitrogen and oxygen atoms in total. The molecule has 0 aromatic heterocycles. The second-order valence-electron chi connectivity index (χ2n) is 6.72. The van der Waals surface area contributed by atoms with Crippen molar-refractivity contribution in [1.82, 2.24) is 5.32 Å². The number of carbonyl (C=O) groups excluding carboxylic acids is 1. The molecule has 0 unspecified atom stereocenters. The van der Waals surface area contributed by atoms with Gasteiger partial charge in [-0.2, -0.15) is 0 Å². The Labute approximate surface area is 146 Å². The molecule has 1 aliphatic carbocycles. The number of unbranched alkanes of at least 4 members (excludes halogenated alkanes) is 4. The molecule has 0 aliphatic heterocycles.